The number of alkyl halides is 3. The summed E-state index contributed by atoms with van der Waals surface area (Å²) in [5, 5.41) is 0. The Bertz CT molecular complexity index is 556. The summed E-state index contributed by atoms with van der Waals surface area (Å²) in [6, 6.07) is 7.09. The summed E-state index contributed by atoms with van der Waals surface area (Å²) in [5.74, 6) is -3.30. The van der Waals surface area contributed by atoms with E-state index in [0.717, 1.165) is 0 Å². The number of para-hydroxylation sites is 1. The number of hydrogen-bond acceptors (Lipinski definition) is 3. The second kappa shape index (κ2) is 5.55. The minimum absolute atomic E-state index is 0.0349. The molecule has 0 atom stereocenters. The second-order valence-corrected chi connectivity index (χ2v) is 4.42. The van der Waals surface area contributed by atoms with Crippen molar-refractivity contribution in [3.8, 4) is 0 Å². The number of rotatable bonds is 3. The molecule has 0 aliphatic carbocycles. The summed E-state index contributed by atoms with van der Waals surface area (Å²) < 4.78 is 38.0. The van der Waals surface area contributed by atoms with Crippen LogP contribution in [-0.4, -0.2) is 35.5 Å². The van der Waals surface area contributed by atoms with Crippen molar-refractivity contribution >= 4 is 23.4 Å². The highest BCUT2D eigenvalue weighted by molar-refractivity contribution is 6.04. The van der Waals surface area contributed by atoms with Crippen molar-refractivity contribution in [2.45, 2.75) is 19.0 Å². The van der Waals surface area contributed by atoms with Crippen LogP contribution in [0.3, 0.4) is 0 Å². The third-order valence-corrected chi connectivity index (χ3v) is 2.99. The smallest absolute Gasteiger partial charge is 0.286 e. The topological polar surface area (TPSA) is 57.7 Å². The molecule has 1 aromatic carbocycles. The Morgan fingerprint density at radius 3 is 2.10 bits per heavy atom. The molecule has 1 aromatic rings. The molecule has 0 N–H and O–H groups in total. The van der Waals surface area contributed by atoms with Gasteiger partial charge in [-0.05, 0) is 12.1 Å². The maximum Gasteiger partial charge on any atom is 0.471 e. The molecule has 1 fully saturated rings. The SMILES string of the molecule is O=C1CCC(=O)N1CN(C(=O)C(F)(F)F)c1ccccc1. The molecule has 1 aliphatic rings. The Balaban J connectivity index is 2.31. The fraction of sp³-hybridized carbons (Fsp3) is 0.308. The van der Waals surface area contributed by atoms with Gasteiger partial charge in [0, 0.05) is 18.5 Å². The molecule has 112 valence electrons. The number of nitrogens with zero attached hydrogens (tertiary/aromatic N) is 2. The third kappa shape index (κ3) is 3.21. The number of likely N-dealkylation sites (tertiary alicyclic amines) is 1. The van der Waals surface area contributed by atoms with Crippen molar-refractivity contribution < 1.29 is 27.6 Å². The molecule has 3 amide bonds. The van der Waals surface area contributed by atoms with E-state index in [9.17, 15) is 27.6 Å². The van der Waals surface area contributed by atoms with Gasteiger partial charge in [-0.15, -0.1) is 0 Å². The van der Waals surface area contributed by atoms with Crippen LogP contribution >= 0.6 is 0 Å². The van der Waals surface area contributed by atoms with Gasteiger partial charge in [-0.2, -0.15) is 13.2 Å². The van der Waals surface area contributed by atoms with E-state index >= 15 is 0 Å². The monoisotopic (exact) mass is 300 g/mol. The van der Waals surface area contributed by atoms with E-state index in [0.29, 0.717) is 9.80 Å². The van der Waals surface area contributed by atoms with Gasteiger partial charge < -0.3 is 0 Å². The second-order valence-electron chi connectivity index (χ2n) is 4.42. The number of carbonyl (C=O) groups is 3. The predicted octanol–water partition coefficient (Wildman–Crippen LogP) is 1.69. The highest BCUT2D eigenvalue weighted by atomic mass is 19.4. The molecule has 1 heterocycles. The molecule has 1 aliphatic heterocycles. The zero-order valence-corrected chi connectivity index (χ0v) is 10.8. The van der Waals surface area contributed by atoms with E-state index in [1.165, 1.54) is 24.3 Å². The van der Waals surface area contributed by atoms with E-state index in [1.54, 1.807) is 6.07 Å². The molecule has 21 heavy (non-hydrogen) atoms. The fourth-order valence-electron chi connectivity index (χ4n) is 1.95. The summed E-state index contributed by atoms with van der Waals surface area (Å²) in [6.07, 6.45) is -5.20. The van der Waals surface area contributed by atoms with Crippen LogP contribution in [0.4, 0.5) is 18.9 Å². The molecule has 2 rings (SSSR count). The standard InChI is InChI=1S/C13H11F3N2O3/c14-13(15,16)12(21)17(9-4-2-1-3-5-9)8-18-10(19)6-7-11(18)20/h1-5H,6-8H2. The minimum atomic E-state index is -5.10. The molecular weight excluding hydrogens is 289 g/mol. The van der Waals surface area contributed by atoms with Crippen LogP contribution in [0.5, 0.6) is 0 Å². The van der Waals surface area contributed by atoms with Crippen molar-refractivity contribution in [3.05, 3.63) is 30.3 Å². The molecule has 0 aromatic heterocycles. The summed E-state index contributed by atoms with van der Waals surface area (Å²) in [7, 11) is 0. The van der Waals surface area contributed by atoms with Gasteiger partial charge in [0.15, 0.2) is 0 Å². The van der Waals surface area contributed by atoms with Crippen molar-refractivity contribution in [3.63, 3.8) is 0 Å². The third-order valence-electron chi connectivity index (χ3n) is 2.99. The van der Waals surface area contributed by atoms with Gasteiger partial charge in [0.05, 0.1) is 0 Å². The Kier molecular flexibility index (Phi) is 3.97. The Labute approximate surface area is 117 Å². The van der Waals surface area contributed by atoms with Gasteiger partial charge in [0.25, 0.3) is 0 Å². The normalized spacial score (nSPS) is 15.5. The maximum atomic E-state index is 12.7. The van der Waals surface area contributed by atoms with Crippen molar-refractivity contribution in [1.82, 2.24) is 4.90 Å². The first kappa shape index (κ1) is 15.0. The van der Waals surface area contributed by atoms with Gasteiger partial charge in [0.2, 0.25) is 11.8 Å². The molecule has 0 spiro atoms. The molecule has 1 saturated heterocycles. The Morgan fingerprint density at radius 1 is 1.10 bits per heavy atom. The van der Waals surface area contributed by atoms with Gasteiger partial charge in [-0.3, -0.25) is 24.2 Å². The number of imide groups is 1. The number of benzene rings is 1. The van der Waals surface area contributed by atoms with Gasteiger partial charge in [0.1, 0.15) is 6.67 Å². The number of halogens is 3. The van der Waals surface area contributed by atoms with E-state index in [-0.39, 0.29) is 18.5 Å². The lowest BCUT2D eigenvalue weighted by atomic mass is 10.3. The van der Waals surface area contributed by atoms with Crippen molar-refractivity contribution in [2.75, 3.05) is 11.6 Å². The van der Waals surface area contributed by atoms with Crippen LogP contribution in [0.25, 0.3) is 0 Å². The van der Waals surface area contributed by atoms with E-state index in [2.05, 4.69) is 0 Å². The first-order chi connectivity index (χ1) is 9.80. The Morgan fingerprint density at radius 2 is 1.62 bits per heavy atom. The van der Waals surface area contributed by atoms with Crippen LogP contribution in [0, 0.1) is 0 Å². The average molecular weight is 300 g/mol. The molecular formula is C13H11F3N2O3. The van der Waals surface area contributed by atoms with E-state index in [1.807, 2.05) is 0 Å². The first-order valence-corrected chi connectivity index (χ1v) is 6.07. The maximum absolute atomic E-state index is 12.7. The van der Waals surface area contributed by atoms with Gasteiger partial charge in [-0.1, -0.05) is 18.2 Å². The van der Waals surface area contributed by atoms with Crippen LogP contribution in [0.15, 0.2) is 30.3 Å². The number of carbonyl (C=O) groups excluding carboxylic acids is 3. The minimum Gasteiger partial charge on any atom is -0.286 e. The fourth-order valence-corrected chi connectivity index (χ4v) is 1.95. The molecule has 0 saturated carbocycles. The highest BCUT2D eigenvalue weighted by Gasteiger charge is 2.44. The lowest BCUT2D eigenvalue weighted by Gasteiger charge is -2.27. The van der Waals surface area contributed by atoms with Gasteiger partial charge >= 0.3 is 12.1 Å². The number of anilines is 1. The zero-order valence-electron chi connectivity index (χ0n) is 10.8. The summed E-state index contributed by atoms with van der Waals surface area (Å²) in [4.78, 5) is 35.6. The largest absolute Gasteiger partial charge is 0.471 e. The predicted molar refractivity (Wildman–Crippen MR) is 65.9 cm³/mol. The lowest BCUT2D eigenvalue weighted by Crippen LogP contribution is -2.48. The Hall–Kier alpha value is -2.38. The summed E-state index contributed by atoms with van der Waals surface area (Å²) >= 11 is 0. The number of hydrogen-bond donors (Lipinski definition) is 0. The van der Waals surface area contributed by atoms with E-state index in [4.69, 9.17) is 0 Å². The molecule has 0 bridgehead atoms. The van der Waals surface area contributed by atoms with Crippen molar-refractivity contribution in [2.24, 2.45) is 0 Å². The lowest BCUT2D eigenvalue weighted by molar-refractivity contribution is -0.171. The van der Waals surface area contributed by atoms with Crippen molar-refractivity contribution in [1.29, 1.82) is 0 Å². The van der Waals surface area contributed by atoms with Crippen LogP contribution in [0.1, 0.15) is 12.8 Å². The van der Waals surface area contributed by atoms with Crippen LogP contribution in [-0.2, 0) is 14.4 Å². The summed E-state index contributed by atoms with van der Waals surface area (Å²) in [5.41, 5.74) is -0.0349. The molecule has 8 heteroatoms. The highest BCUT2D eigenvalue weighted by Crippen LogP contribution is 2.25. The summed E-state index contributed by atoms with van der Waals surface area (Å²) in [6.45, 7) is -0.736. The number of amides is 3. The van der Waals surface area contributed by atoms with E-state index < -0.39 is 30.6 Å². The zero-order chi connectivity index (χ0) is 15.6. The molecule has 0 radical (unpaired) electrons. The van der Waals surface area contributed by atoms with Crippen LogP contribution in [0.2, 0.25) is 0 Å². The first-order valence-electron chi connectivity index (χ1n) is 6.07. The quantitative estimate of drug-likeness (QED) is 0.798. The average Bonchev–Trinajstić information content (AvgIpc) is 2.75. The van der Waals surface area contributed by atoms with Crippen LogP contribution < -0.4 is 4.90 Å². The molecule has 0 unspecified atom stereocenters. The molecule has 5 nitrogen and oxygen atoms in total. The van der Waals surface area contributed by atoms with Gasteiger partial charge in [-0.25, -0.2) is 0 Å².